The van der Waals surface area contributed by atoms with Crippen LogP contribution in [-0.4, -0.2) is 61.0 Å². The first-order chi connectivity index (χ1) is 9.60. The molecule has 1 unspecified atom stereocenters. The number of hydrogen-bond donors (Lipinski definition) is 1. The molecule has 2 rings (SSSR count). The Bertz CT molecular complexity index is 456. The molecule has 1 atom stereocenters. The van der Waals surface area contributed by atoms with Crippen LogP contribution in [-0.2, 0) is 6.54 Å². The lowest BCUT2D eigenvalue weighted by atomic mass is 10.2. The number of guanidine groups is 1. The molecule has 0 aromatic carbocycles. The summed E-state index contributed by atoms with van der Waals surface area (Å²) in [7, 11) is 6.09. The van der Waals surface area contributed by atoms with E-state index in [1.54, 1.807) is 11.3 Å². The van der Waals surface area contributed by atoms with Crippen molar-refractivity contribution in [1.29, 1.82) is 0 Å². The summed E-state index contributed by atoms with van der Waals surface area (Å²) in [6.07, 6.45) is 2.57. The number of nitrogens with zero attached hydrogens (tertiary/aromatic N) is 4. The van der Waals surface area contributed by atoms with E-state index in [9.17, 15) is 0 Å². The fourth-order valence-electron chi connectivity index (χ4n) is 2.63. The molecule has 0 radical (unpaired) electrons. The van der Waals surface area contributed by atoms with Gasteiger partial charge < -0.3 is 15.1 Å². The lowest BCUT2D eigenvalue weighted by Gasteiger charge is -2.25. The molecule has 1 aromatic rings. The van der Waals surface area contributed by atoms with Gasteiger partial charge >= 0.3 is 0 Å². The smallest absolute Gasteiger partial charge is 0.193 e. The summed E-state index contributed by atoms with van der Waals surface area (Å²) in [5.41, 5.74) is 1.11. The average Bonchev–Trinajstić information content (AvgIpc) is 3.00. The van der Waals surface area contributed by atoms with E-state index < -0.39 is 0 Å². The molecule has 0 bridgehead atoms. The third-order valence-corrected chi connectivity index (χ3v) is 4.63. The minimum absolute atomic E-state index is 0.627. The fraction of sp³-hybridized carbons (Fsp3) is 0.714. The van der Waals surface area contributed by atoms with Crippen LogP contribution in [0.2, 0.25) is 0 Å². The summed E-state index contributed by atoms with van der Waals surface area (Å²) in [6, 6.07) is 0.627. The van der Waals surface area contributed by atoms with Gasteiger partial charge in [0, 0.05) is 32.1 Å². The first-order valence-electron chi connectivity index (χ1n) is 7.13. The molecule has 0 saturated carbocycles. The number of likely N-dealkylation sites (N-methyl/N-ethyl adjacent to an activating group) is 1. The van der Waals surface area contributed by atoms with Crippen LogP contribution >= 0.6 is 11.3 Å². The Morgan fingerprint density at radius 1 is 1.65 bits per heavy atom. The van der Waals surface area contributed by atoms with Crippen molar-refractivity contribution in [3.8, 4) is 0 Å². The second-order valence-corrected chi connectivity index (χ2v) is 6.48. The quantitative estimate of drug-likeness (QED) is 0.676. The number of likely N-dealkylation sites (tertiary alicyclic amines) is 1. The molecule has 1 fully saturated rings. The predicted molar refractivity (Wildman–Crippen MR) is 85.3 cm³/mol. The van der Waals surface area contributed by atoms with E-state index in [1.807, 2.05) is 14.0 Å². The molecule has 0 amide bonds. The number of aliphatic imine (C=N–C) groups is 1. The summed E-state index contributed by atoms with van der Waals surface area (Å²) in [4.78, 5) is 13.4. The van der Waals surface area contributed by atoms with Crippen LogP contribution in [0.1, 0.15) is 23.5 Å². The largest absolute Gasteiger partial charge is 0.355 e. The first kappa shape index (κ1) is 15.3. The van der Waals surface area contributed by atoms with E-state index in [4.69, 9.17) is 0 Å². The van der Waals surface area contributed by atoms with Gasteiger partial charge in [-0.25, -0.2) is 4.98 Å². The standard InChI is InChI=1S/C14H25N5S/c1-11-17-12(10-20-11)9-19(4)14(15-2)16-8-13-6-5-7-18(13)3/h10,13H,5-9H2,1-4H3,(H,15,16). The molecule has 0 aliphatic carbocycles. The number of hydrogen-bond acceptors (Lipinski definition) is 4. The molecule has 1 N–H and O–H groups in total. The van der Waals surface area contributed by atoms with Crippen molar-refractivity contribution in [2.75, 3.05) is 34.2 Å². The first-order valence-corrected chi connectivity index (χ1v) is 8.01. The number of nitrogens with one attached hydrogen (secondary N) is 1. The highest BCUT2D eigenvalue weighted by Gasteiger charge is 2.21. The van der Waals surface area contributed by atoms with Gasteiger partial charge in [-0.05, 0) is 33.4 Å². The van der Waals surface area contributed by atoms with E-state index >= 15 is 0 Å². The van der Waals surface area contributed by atoms with Gasteiger partial charge in [0.05, 0.1) is 17.2 Å². The molecule has 1 aliphatic rings. The molecule has 5 nitrogen and oxygen atoms in total. The Hall–Kier alpha value is -1.14. The maximum atomic E-state index is 4.50. The molecule has 2 heterocycles. The Morgan fingerprint density at radius 3 is 3.00 bits per heavy atom. The lowest BCUT2D eigenvalue weighted by Crippen LogP contribution is -2.44. The van der Waals surface area contributed by atoms with Crippen molar-refractivity contribution in [3.63, 3.8) is 0 Å². The topological polar surface area (TPSA) is 43.8 Å². The molecule has 20 heavy (non-hydrogen) atoms. The summed E-state index contributed by atoms with van der Waals surface area (Å²) < 4.78 is 0. The van der Waals surface area contributed by atoms with E-state index in [0.29, 0.717) is 6.04 Å². The van der Waals surface area contributed by atoms with Crippen molar-refractivity contribution >= 4 is 17.3 Å². The van der Waals surface area contributed by atoms with Crippen molar-refractivity contribution < 1.29 is 0 Å². The average molecular weight is 295 g/mol. The minimum Gasteiger partial charge on any atom is -0.355 e. The highest BCUT2D eigenvalue weighted by molar-refractivity contribution is 7.09. The molecule has 112 valence electrons. The number of aromatic nitrogens is 1. The van der Waals surface area contributed by atoms with Crippen molar-refractivity contribution in [2.45, 2.75) is 32.4 Å². The monoisotopic (exact) mass is 295 g/mol. The molecule has 0 spiro atoms. The van der Waals surface area contributed by atoms with Crippen LogP contribution in [0, 0.1) is 6.92 Å². The van der Waals surface area contributed by atoms with Gasteiger partial charge in [0.2, 0.25) is 0 Å². The van der Waals surface area contributed by atoms with E-state index in [2.05, 4.69) is 44.6 Å². The summed E-state index contributed by atoms with van der Waals surface area (Å²) in [6.45, 7) is 5.00. The van der Waals surface area contributed by atoms with Crippen LogP contribution in [0.4, 0.5) is 0 Å². The Balaban J connectivity index is 1.84. The normalized spacial score (nSPS) is 20.4. The Kier molecular flexibility index (Phi) is 5.37. The van der Waals surface area contributed by atoms with Crippen LogP contribution in [0.5, 0.6) is 0 Å². The fourth-order valence-corrected chi connectivity index (χ4v) is 3.23. The van der Waals surface area contributed by atoms with Gasteiger partial charge in [0.15, 0.2) is 5.96 Å². The van der Waals surface area contributed by atoms with Gasteiger partial charge in [-0.15, -0.1) is 11.3 Å². The van der Waals surface area contributed by atoms with E-state index in [1.165, 1.54) is 19.4 Å². The van der Waals surface area contributed by atoms with Gasteiger partial charge in [-0.2, -0.15) is 0 Å². The molecular weight excluding hydrogens is 270 g/mol. The predicted octanol–water partition coefficient (Wildman–Crippen LogP) is 1.55. The van der Waals surface area contributed by atoms with Crippen molar-refractivity contribution in [1.82, 2.24) is 20.1 Å². The maximum Gasteiger partial charge on any atom is 0.193 e. The Morgan fingerprint density at radius 2 is 2.45 bits per heavy atom. The van der Waals surface area contributed by atoms with E-state index in [0.717, 1.165) is 29.8 Å². The minimum atomic E-state index is 0.627. The molecule has 1 aliphatic heterocycles. The molecule has 6 heteroatoms. The highest BCUT2D eigenvalue weighted by atomic mass is 32.1. The zero-order valence-electron chi connectivity index (χ0n) is 12.9. The summed E-state index contributed by atoms with van der Waals surface area (Å²) in [5.74, 6) is 0.941. The number of rotatable bonds is 4. The zero-order valence-corrected chi connectivity index (χ0v) is 13.7. The van der Waals surface area contributed by atoms with Crippen LogP contribution in [0.25, 0.3) is 0 Å². The van der Waals surface area contributed by atoms with Crippen LogP contribution in [0.3, 0.4) is 0 Å². The second kappa shape index (κ2) is 7.04. The van der Waals surface area contributed by atoms with Gasteiger partial charge in [0.1, 0.15) is 0 Å². The highest BCUT2D eigenvalue weighted by Crippen LogP contribution is 2.14. The zero-order chi connectivity index (χ0) is 14.5. The van der Waals surface area contributed by atoms with Gasteiger partial charge in [-0.3, -0.25) is 4.99 Å². The van der Waals surface area contributed by atoms with Gasteiger partial charge in [-0.1, -0.05) is 0 Å². The lowest BCUT2D eigenvalue weighted by molar-refractivity contribution is 0.306. The summed E-state index contributed by atoms with van der Waals surface area (Å²) in [5, 5.41) is 6.71. The third kappa shape index (κ3) is 3.93. The van der Waals surface area contributed by atoms with Crippen LogP contribution < -0.4 is 5.32 Å². The second-order valence-electron chi connectivity index (χ2n) is 5.42. The van der Waals surface area contributed by atoms with Crippen molar-refractivity contribution in [3.05, 3.63) is 16.1 Å². The summed E-state index contributed by atoms with van der Waals surface area (Å²) >= 11 is 1.70. The number of thiazole rings is 1. The Labute approximate surface area is 125 Å². The van der Waals surface area contributed by atoms with E-state index in [-0.39, 0.29) is 0 Å². The maximum absolute atomic E-state index is 4.50. The molecule has 1 aromatic heterocycles. The number of aryl methyl sites for hydroxylation is 1. The van der Waals surface area contributed by atoms with Crippen LogP contribution in [0.15, 0.2) is 10.4 Å². The SMILES string of the molecule is CN=C(NCC1CCCN1C)N(C)Cc1csc(C)n1. The molecule has 1 saturated heterocycles. The third-order valence-electron chi connectivity index (χ3n) is 3.81. The van der Waals surface area contributed by atoms with Crippen molar-refractivity contribution in [2.24, 2.45) is 4.99 Å². The molecular formula is C14H25N5S. The van der Waals surface area contributed by atoms with Gasteiger partial charge in [0.25, 0.3) is 0 Å².